The lowest BCUT2D eigenvalue weighted by Gasteiger charge is -2.38. The van der Waals surface area contributed by atoms with Gasteiger partial charge in [0.25, 0.3) is 0 Å². The molecule has 2 aliphatic heterocycles. The molecule has 0 atom stereocenters. The van der Waals surface area contributed by atoms with Crippen LogP contribution in [0.4, 0.5) is 16.4 Å². The number of anilines is 2. The fourth-order valence-corrected chi connectivity index (χ4v) is 4.21. The van der Waals surface area contributed by atoms with Crippen LogP contribution >= 0.6 is 0 Å². The summed E-state index contributed by atoms with van der Waals surface area (Å²) in [6.07, 6.45) is 1.20. The Labute approximate surface area is 181 Å². The predicted octanol–water partition coefficient (Wildman–Crippen LogP) is 2.30. The van der Waals surface area contributed by atoms with Crippen molar-refractivity contribution in [2.45, 2.75) is 19.8 Å². The van der Waals surface area contributed by atoms with Crippen LogP contribution in [0.5, 0.6) is 0 Å². The second-order valence-corrected chi connectivity index (χ2v) is 7.82. The van der Waals surface area contributed by atoms with E-state index in [1.807, 2.05) is 31.2 Å². The summed E-state index contributed by atoms with van der Waals surface area (Å²) < 4.78 is 10.0. The second-order valence-electron chi connectivity index (χ2n) is 7.82. The zero-order valence-corrected chi connectivity index (χ0v) is 18.1. The van der Waals surface area contributed by atoms with Crippen molar-refractivity contribution in [2.75, 3.05) is 62.8 Å². The third kappa shape index (κ3) is 4.50. The smallest absolute Gasteiger partial charge is 0.409 e. The van der Waals surface area contributed by atoms with Gasteiger partial charge in [-0.05, 0) is 31.9 Å². The molecule has 2 fully saturated rings. The van der Waals surface area contributed by atoms with Gasteiger partial charge >= 0.3 is 12.1 Å². The molecule has 0 aliphatic carbocycles. The lowest BCUT2D eigenvalue weighted by Crippen LogP contribution is -2.49. The highest BCUT2D eigenvalue weighted by Gasteiger charge is 2.30. The van der Waals surface area contributed by atoms with Crippen molar-refractivity contribution in [1.82, 2.24) is 14.9 Å². The van der Waals surface area contributed by atoms with Crippen LogP contribution in [0.25, 0.3) is 11.0 Å². The molecule has 0 N–H and O–H groups in total. The molecule has 2 aliphatic rings. The molecular weight excluding hydrogens is 398 g/mol. The molecule has 1 aromatic carbocycles. The minimum Gasteiger partial charge on any atom is -0.469 e. The van der Waals surface area contributed by atoms with E-state index in [4.69, 9.17) is 19.4 Å². The Morgan fingerprint density at radius 2 is 1.48 bits per heavy atom. The number of aromatic nitrogens is 2. The number of hydrogen-bond donors (Lipinski definition) is 0. The summed E-state index contributed by atoms with van der Waals surface area (Å²) in [6.45, 7) is 6.13. The van der Waals surface area contributed by atoms with Crippen LogP contribution < -0.4 is 9.80 Å². The van der Waals surface area contributed by atoms with E-state index in [-0.39, 0.29) is 18.0 Å². The number of para-hydroxylation sites is 2. The molecule has 0 spiro atoms. The topological polar surface area (TPSA) is 88.1 Å². The Bertz CT molecular complexity index is 937. The summed E-state index contributed by atoms with van der Waals surface area (Å²) >= 11 is 0. The average molecular weight is 428 g/mol. The van der Waals surface area contributed by atoms with Crippen LogP contribution in [-0.2, 0) is 14.3 Å². The van der Waals surface area contributed by atoms with E-state index in [0.717, 1.165) is 48.6 Å². The molecule has 9 nitrogen and oxygen atoms in total. The molecule has 31 heavy (non-hydrogen) atoms. The van der Waals surface area contributed by atoms with E-state index >= 15 is 0 Å². The van der Waals surface area contributed by atoms with Gasteiger partial charge in [0, 0.05) is 39.3 Å². The summed E-state index contributed by atoms with van der Waals surface area (Å²) in [6, 6.07) is 7.85. The van der Waals surface area contributed by atoms with Gasteiger partial charge in [0.2, 0.25) is 0 Å². The first-order valence-electron chi connectivity index (χ1n) is 10.9. The van der Waals surface area contributed by atoms with E-state index in [9.17, 15) is 9.59 Å². The molecule has 0 unspecified atom stereocenters. The Kier molecular flexibility index (Phi) is 6.39. The number of carbonyl (C=O) groups excluding carboxylic acids is 2. The summed E-state index contributed by atoms with van der Waals surface area (Å²) in [5.41, 5.74) is 1.69. The Balaban J connectivity index is 1.57. The first-order chi connectivity index (χ1) is 15.1. The molecule has 1 amide bonds. The Morgan fingerprint density at radius 1 is 0.935 bits per heavy atom. The number of piperazine rings is 1. The van der Waals surface area contributed by atoms with Crippen LogP contribution in [0.1, 0.15) is 19.8 Å². The Morgan fingerprint density at radius 3 is 2.00 bits per heavy atom. The van der Waals surface area contributed by atoms with Gasteiger partial charge in [-0.2, -0.15) is 0 Å². The Hall–Kier alpha value is -3.10. The quantitative estimate of drug-likeness (QED) is 0.687. The maximum absolute atomic E-state index is 12.1. The number of amides is 1. The number of ether oxygens (including phenoxy) is 2. The number of rotatable bonds is 4. The molecule has 3 heterocycles. The second kappa shape index (κ2) is 9.36. The number of piperidine rings is 1. The zero-order valence-electron chi connectivity index (χ0n) is 18.1. The number of nitrogens with zero attached hydrogens (tertiary/aromatic N) is 5. The first-order valence-corrected chi connectivity index (χ1v) is 10.9. The number of methoxy groups -OCH3 is 1. The summed E-state index contributed by atoms with van der Waals surface area (Å²) in [5.74, 6) is 1.47. The van der Waals surface area contributed by atoms with Crippen molar-refractivity contribution in [3.63, 3.8) is 0 Å². The van der Waals surface area contributed by atoms with Gasteiger partial charge in [-0.3, -0.25) is 4.79 Å². The SMILES string of the molecule is CCOC(=O)N1CCN(c2nc3ccccc3nc2N2CCC(C(=O)OC)CC2)CC1. The highest BCUT2D eigenvalue weighted by atomic mass is 16.6. The molecule has 0 bridgehead atoms. The zero-order chi connectivity index (χ0) is 21.8. The predicted molar refractivity (Wildman–Crippen MR) is 117 cm³/mol. The van der Waals surface area contributed by atoms with E-state index in [1.165, 1.54) is 7.11 Å². The highest BCUT2D eigenvalue weighted by Crippen LogP contribution is 2.32. The van der Waals surface area contributed by atoms with Crippen molar-refractivity contribution >= 4 is 34.7 Å². The monoisotopic (exact) mass is 427 g/mol. The molecule has 9 heteroatoms. The summed E-state index contributed by atoms with van der Waals surface area (Å²) in [4.78, 5) is 40.0. The van der Waals surface area contributed by atoms with E-state index < -0.39 is 0 Å². The first kappa shape index (κ1) is 21.1. The number of carbonyl (C=O) groups is 2. The van der Waals surface area contributed by atoms with Crippen molar-refractivity contribution in [1.29, 1.82) is 0 Å². The highest BCUT2D eigenvalue weighted by molar-refractivity contribution is 5.81. The normalized spacial score (nSPS) is 17.7. The number of hydrogen-bond acceptors (Lipinski definition) is 8. The lowest BCUT2D eigenvalue weighted by molar-refractivity contribution is -0.146. The van der Waals surface area contributed by atoms with Crippen LogP contribution in [0.3, 0.4) is 0 Å². The van der Waals surface area contributed by atoms with E-state index in [0.29, 0.717) is 32.8 Å². The molecule has 2 aromatic rings. The van der Waals surface area contributed by atoms with Crippen molar-refractivity contribution in [3.8, 4) is 0 Å². The van der Waals surface area contributed by atoms with Gasteiger partial charge in [0.05, 0.1) is 30.7 Å². The van der Waals surface area contributed by atoms with Gasteiger partial charge < -0.3 is 24.2 Å². The fourth-order valence-electron chi connectivity index (χ4n) is 4.21. The number of benzene rings is 1. The molecule has 0 saturated carbocycles. The maximum atomic E-state index is 12.1. The molecule has 2 saturated heterocycles. The summed E-state index contributed by atoms with van der Waals surface area (Å²) in [7, 11) is 1.44. The number of fused-ring (bicyclic) bond motifs is 1. The lowest BCUT2D eigenvalue weighted by atomic mass is 9.97. The van der Waals surface area contributed by atoms with E-state index in [1.54, 1.807) is 4.90 Å². The average Bonchev–Trinajstić information content (AvgIpc) is 2.83. The van der Waals surface area contributed by atoms with Gasteiger partial charge in [-0.1, -0.05) is 12.1 Å². The standard InChI is InChI=1S/C22H29N5O4/c1-3-31-22(29)27-14-12-26(13-15-27)20-19(23-17-6-4-5-7-18(17)24-20)25-10-8-16(9-11-25)21(28)30-2/h4-7,16H,3,8-15H2,1-2H3. The molecule has 1 aromatic heterocycles. The summed E-state index contributed by atoms with van der Waals surface area (Å²) in [5, 5.41) is 0. The van der Waals surface area contributed by atoms with Crippen LogP contribution in [-0.4, -0.2) is 79.9 Å². The van der Waals surface area contributed by atoms with Gasteiger partial charge in [-0.25, -0.2) is 14.8 Å². The third-order valence-corrected chi connectivity index (χ3v) is 5.97. The molecule has 4 rings (SSSR count). The van der Waals surface area contributed by atoms with Gasteiger partial charge in [0.15, 0.2) is 11.6 Å². The minimum absolute atomic E-state index is 0.0637. The van der Waals surface area contributed by atoms with Gasteiger partial charge in [-0.15, -0.1) is 0 Å². The van der Waals surface area contributed by atoms with Crippen LogP contribution in [0, 0.1) is 5.92 Å². The molecule has 0 radical (unpaired) electrons. The van der Waals surface area contributed by atoms with Crippen molar-refractivity contribution in [2.24, 2.45) is 5.92 Å². The van der Waals surface area contributed by atoms with Crippen LogP contribution in [0.2, 0.25) is 0 Å². The maximum Gasteiger partial charge on any atom is 0.409 e. The van der Waals surface area contributed by atoms with Crippen molar-refractivity contribution in [3.05, 3.63) is 24.3 Å². The minimum atomic E-state index is -0.267. The van der Waals surface area contributed by atoms with Gasteiger partial charge in [0.1, 0.15) is 0 Å². The largest absolute Gasteiger partial charge is 0.469 e. The molecule has 166 valence electrons. The van der Waals surface area contributed by atoms with Crippen molar-refractivity contribution < 1.29 is 19.1 Å². The van der Waals surface area contributed by atoms with E-state index in [2.05, 4.69) is 9.80 Å². The van der Waals surface area contributed by atoms with Crippen LogP contribution in [0.15, 0.2) is 24.3 Å². The fraction of sp³-hybridized carbons (Fsp3) is 0.545. The third-order valence-electron chi connectivity index (χ3n) is 5.97. The molecular formula is C22H29N5O4. The number of esters is 1.